The van der Waals surface area contributed by atoms with E-state index in [2.05, 4.69) is 46.7 Å². The van der Waals surface area contributed by atoms with Crippen molar-refractivity contribution in [3.8, 4) is 0 Å². The molecule has 0 atom stereocenters. The van der Waals surface area contributed by atoms with Crippen LogP contribution in [-0.2, 0) is 0 Å². The quantitative estimate of drug-likeness (QED) is 0.593. The Morgan fingerprint density at radius 1 is 0.700 bits per heavy atom. The Kier molecular flexibility index (Phi) is 3.78. The number of hydrogen-bond donors (Lipinski definition) is 0. The van der Waals surface area contributed by atoms with Crippen LogP contribution in [0, 0.1) is 0 Å². The van der Waals surface area contributed by atoms with Crippen molar-refractivity contribution in [2.45, 2.75) is 0 Å². The molecule has 0 amide bonds. The average Bonchev–Trinajstić information content (AvgIpc) is 1.59. The monoisotopic (exact) mass is 198 g/mol. The van der Waals surface area contributed by atoms with E-state index in [-0.39, 0.29) is 0 Å². The van der Waals surface area contributed by atoms with E-state index in [1.165, 1.54) is 0 Å². The van der Waals surface area contributed by atoms with Crippen LogP contribution in [0.1, 0.15) is 0 Å². The van der Waals surface area contributed by atoms with Gasteiger partial charge in [-0.1, -0.05) is 0 Å². The van der Waals surface area contributed by atoms with Gasteiger partial charge in [0.15, 0.2) is 0 Å². The summed E-state index contributed by atoms with van der Waals surface area (Å²) in [5, 5.41) is 0. The first kappa shape index (κ1) is 11.3. The maximum absolute atomic E-state index is 2.50. The predicted octanol–water partition coefficient (Wildman–Crippen LogP) is 3.74. The lowest BCUT2D eigenvalue weighted by Crippen LogP contribution is -1.87. The zero-order valence-electron chi connectivity index (χ0n) is 8.34. The fourth-order valence-electron chi connectivity index (χ4n) is 0.805. The molecule has 62 valence electrons. The minimum absolute atomic E-state index is 0.360. The Morgan fingerprint density at radius 3 is 0.900 bits per heavy atom. The third-order valence-electron chi connectivity index (χ3n) is 1.74. The molecule has 0 radical (unpaired) electrons. The SMILES string of the molecule is CP([P+](C)(C)C)[P+](C)(C)C. The first-order valence-corrected chi connectivity index (χ1v) is 13.0. The van der Waals surface area contributed by atoms with E-state index in [4.69, 9.17) is 0 Å². The van der Waals surface area contributed by atoms with E-state index in [1.54, 1.807) is 0 Å². The summed E-state index contributed by atoms with van der Waals surface area (Å²) >= 11 is 0. The van der Waals surface area contributed by atoms with Gasteiger partial charge >= 0.3 is 0 Å². The highest BCUT2D eigenvalue weighted by atomic mass is 32.5. The van der Waals surface area contributed by atoms with E-state index >= 15 is 0 Å². The van der Waals surface area contributed by atoms with Gasteiger partial charge in [0.05, 0.1) is 53.9 Å². The van der Waals surface area contributed by atoms with Crippen molar-refractivity contribution in [1.82, 2.24) is 0 Å². The van der Waals surface area contributed by atoms with Crippen molar-refractivity contribution in [2.75, 3.05) is 46.7 Å². The fourth-order valence-corrected chi connectivity index (χ4v) is 21.7. The molecular weight excluding hydrogens is 177 g/mol. The van der Waals surface area contributed by atoms with Crippen LogP contribution in [-0.4, -0.2) is 46.7 Å². The van der Waals surface area contributed by atoms with E-state index in [0.29, 0.717) is 7.30 Å². The minimum atomic E-state index is -0.514. The zero-order chi connectivity index (χ0) is 8.58. The molecule has 0 bridgehead atoms. The second kappa shape index (κ2) is 3.35. The van der Waals surface area contributed by atoms with Gasteiger partial charge in [0.25, 0.3) is 0 Å². The van der Waals surface area contributed by atoms with E-state index in [0.717, 1.165) is 0 Å². The van der Waals surface area contributed by atoms with Crippen LogP contribution in [0.4, 0.5) is 0 Å². The third-order valence-corrected chi connectivity index (χ3v) is 25.3. The standard InChI is InChI=1S/C7H21P3/c1-8(9(2,3)4)10(5,6)7/h1-7H3/q+2. The summed E-state index contributed by atoms with van der Waals surface area (Å²) in [5.74, 6) is 0. The van der Waals surface area contributed by atoms with Gasteiger partial charge in [-0.25, -0.2) is 0 Å². The Hall–Kier alpha value is 1.29. The Labute approximate surface area is 68.4 Å². The van der Waals surface area contributed by atoms with Crippen LogP contribution in [0.25, 0.3) is 0 Å². The lowest BCUT2D eigenvalue weighted by Gasteiger charge is -2.24. The molecule has 0 aromatic carbocycles. The molecular formula is C7H21P3+2. The molecule has 0 aromatic heterocycles. The molecule has 0 rings (SSSR count). The van der Waals surface area contributed by atoms with E-state index < -0.39 is 13.9 Å². The molecule has 3 heteroatoms. The van der Waals surface area contributed by atoms with Crippen molar-refractivity contribution in [3.05, 3.63) is 0 Å². The van der Waals surface area contributed by atoms with Gasteiger partial charge in [0.1, 0.15) is 0 Å². The average molecular weight is 198 g/mol. The summed E-state index contributed by atoms with van der Waals surface area (Å²) in [7, 11) is 0.360. The van der Waals surface area contributed by atoms with Crippen LogP contribution < -0.4 is 0 Å². The predicted molar refractivity (Wildman–Crippen MR) is 62.2 cm³/mol. The van der Waals surface area contributed by atoms with Gasteiger partial charge in [-0.2, -0.15) is 0 Å². The van der Waals surface area contributed by atoms with Crippen LogP contribution in [0.3, 0.4) is 0 Å². The van der Waals surface area contributed by atoms with E-state index in [9.17, 15) is 0 Å². The molecule has 0 nitrogen and oxygen atoms in total. The van der Waals surface area contributed by atoms with Gasteiger partial charge in [0, 0.05) is 6.66 Å². The minimum Gasteiger partial charge on any atom is 0.0274 e. The fraction of sp³-hybridized carbons (Fsp3) is 1.00. The van der Waals surface area contributed by atoms with E-state index in [1.807, 2.05) is 0 Å². The molecule has 0 aliphatic heterocycles. The molecule has 0 N–H and O–H groups in total. The summed E-state index contributed by atoms with van der Waals surface area (Å²) in [4.78, 5) is 0. The maximum Gasteiger partial charge on any atom is 0.203 e. The van der Waals surface area contributed by atoms with Crippen molar-refractivity contribution < 1.29 is 0 Å². The third kappa shape index (κ3) is 3.61. The molecule has 0 fully saturated rings. The zero-order valence-corrected chi connectivity index (χ0v) is 11.0. The van der Waals surface area contributed by atoms with Gasteiger partial charge in [0.2, 0.25) is 7.30 Å². The van der Waals surface area contributed by atoms with Crippen molar-refractivity contribution >= 4 is 21.2 Å². The Morgan fingerprint density at radius 2 is 0.900 bits per heavy atom. The summed E-state index contributed by atoms with van der Waals surface area (Å²) in [6.45, 7) is 16.3. The van der Waals surface area contributed by atoms with Gasteiger partial charge in [-0.05, 0) is 0 Å². The lowest BCUT2D eigenvalue weighted by molar-refractivity contribution is 2.06. The van der Waals surface area contributed by atoms with Gasteiger partial charge < -0.3 is 0 Å². The summed E-state index contributed by atoms with van der Waals surface area (Å²) < 4.78 is 0. The second-order valence-electron chi connectivity index (χ2n) is 4.37. The topological polar surface area (TPSA) is 0 Å². The maximum atomic E-state index is 2.50. The molecule has 0 aliphatic rings. The molecule has 0 saturated heterocycles. The first-order valence-electron chi connectivity index (χ1n) is 3.53. The Balaban J connectivity index is 4.23. The first-order chi connectivity index (χ1) is 4.15. The second-order valence-corrected chi connectivity index (χ2v) is 24.9. The van der Waals surface area contributed by atoms with Gasteiger partial charge in [-0.15, -0.1) is 0 Å². The summed E-state index contributed by atoms with van der Waals surface area (Å²) in [6, 6.07) is 0. The summed E-state index contributed by atoms with van der Waals surface area (Å²) in [5.41, 5.74) is 0. The Bertz CT molecular complexity index is 93.0. The highest BCUT2D eigenvalue weighted by molar-refractivity contribution is 8.68. The normalized spacial score (nSPS) is 14.4. The highest BCUT2D eigenvalue weighted by Crippen LogP contribution is 2.95. The van der Waals surface area contributed by atoms with Crippen LogP contribution >= 0.6 is 21.2 Å². The van der Waals surface area contributed by atoms with Crippen LogP contribution in [0.5, 0.6) is 0 Å². The van der Waals surface area contributed by atoms with Gasteiger partial charge in [-0.3, -0.25) is 0 Å². The van der Waals surface area contributed by atoms with Crippen molar-refractivity contribution in [3.63, 3.8) is 0 Å². The molecule has 0 aliphatic carbocycles. The highest BCUT2D eigenvalue weighted by Gasteiger charge is 2.43. The molecule has 0 spiro atoms. The molecule has 0 aromatic rings. The summed E-state index contributed by atoms with van der Waals surface area (Å²) in [6.07, 6.45) is 0. The molecule has 0 heterocycles. The smallest absolute Gasteiger partial charge is 0.0274 e. The lowest BCUT2D eigenvalue weighted by atomic mass is 11.9. The van der Waals surface area contributed by atoms with Crippen molar-refractivity contribution in [2.24, 2.45) is 0 Å². The number of rotatable bonds is 2. The van der Waals surface area contributed by atoms with Crippen LogP contribution in [0.15, 0.2) is 0 Å². The molecule has 0 unspecified atom stereocenters. The van der Waals surface area contributed by atoms with Crippen LogP contribution in [0.2, 0.25) is 0 Å². The molecule has 0 saturated carbocycles. The molecule has 10 heavy (non-hydrogen) atoms. The number of hydrogen-bond acceptors (Lipinski definition) is 0. The van der Waals surface area contributed by atoms with Crippen molar-refractivity contribution in [1.29, 1.82) is 0 Å². The largest absolute Gasteiger partial charge is 0.203 e.